The van der Waals surface area contributed by atoms with Crippen LogP contribution < -0.4 is 10.6 Å². The first-order chi connectivity index (χ1) is 8.61. The molecule has 0 aliphatic heterocycles. The molecule has 0 aliphatic carbocycles. The van der Waals surface area contributed by atoms with E-state index in [0.717, 1.165) is 10.2 Å². The molecule has 0 saturated carbocycles. The lowest BCUT2D eigenvalue weighted by Gasteiger charge is -2.12. The Bertz CT molecular complexity index is 566. The molecule has 18 heavy (non-hydrogen) atoms. The molecule has 0 aliphatic rings. The number of hydrogen-bond donors (Lipinski definition) is 2. The molecule has 0 unspecified atom stereocenters. The second-order valence-corrected chi connectivity index (χ2v) is 4.82. The maximum absolute atomic E-state index is 11.6. The monoisotopic (exact) mass is 265 g/mol. The number of aromatic nitrogens is 2. The highest BCUT2D eigenvalue weighted by Crippen LogP contribution is 2.26. The van der Waals surface area contributed by atoms with E-state index < -0.39 is 0 Å². The minimum atomic E-state index is 0.00278. The molecule has 1 amide bonds. The average Bonchev–Trinajstić information content (AvgIpc) is 2.83. The van der Waals surface area contributed by atoms with E-state index in [4.69, 9.17) is 0 Å². The molecule has 0 spiro atoms. The molecule has 2 rings (SSSR count). The first-order valence-corrected chi connectivity index (χ1v) is 6.37. The molecule has 0 saturated heterocycles. The van der Waals surface area contributed by atoms with Gasteiger partial charge in [0.15, 0.2) is 0 Å². The fourth-order valence-corrected chi connectivity index (χ4v) is 2.18. The van der Waals surface area contributed by atoms with Gasteiger partial charge in [-0.1, -0.05) is 0 Å². The summed E-state index contributed by atoms with van der Waals surface area (Å²) < 4.78 is 0. The quantitative estimate of drug-likeness (QED) is 0.870. The minimum absolute atomic E-state index is 0.00278. The SMILES string of the molecule is CNc1nc(NCC(=O)N(C)C)c2ccsc2n1. The van der Waals surface area contributed by atoms with Crippen LogP contribution in [0.3, 0.4) is 0 Å². The van der Waals surface area contributed by atoms with Gasteiger partial charge in [0.25, 0.3) is 0 Å². The Kier molecular flexibility index (Phi) is 3.61. The van der Waals surface area contributed by atoms with Gasteiger partial charge in [-0.2, -0.15) is 4.98 Å². The zero-order valence-electron chi connectivity index (χ0n) is 10.5. The van der Waals surface area contributed by atoms with Crippen LogP contribution >= 0.6 is 11.3 Å². The Morgan fingerprint density at radius 2 is 2.22 bits per heavy atom. The maximum Gasteiger partial charge on any atom is 0.241 e. The van der Waals surface area contributed by atoms with Crippen LogP contribution in [0.25, 0.3) is 10.2 Å². The van der Waals surface area contributed by atoms with E-state index in [9.17, 15) is 4.79 Å². The molecule has 7 heteroatoms. The smallest absolute Gasteiger partial charge is 0.241 e. The van der Waals surface area contributed by atoms with Gasteiger partial charge in [0.2, 0.25) is 11.9 Å². The van der Waals surface area contributed by atoms with Crippen molar-refractivity contribution in [3.05, 3.63) is 11.4 Å². The number of carbonyl (C=O) groups excluding carboxylic acids is 1. The van der Waals surface area contributed by atoms with Crippen LogP contribution in [0.4, 0.5) is 11.8 Å². The van der Waals surface area contributed by atoms with Gasteiger partial charge in [-0.25, -0.2) is 4.98 Å². The van der Waals surface area contributed by atoms with Crippen LogP contribution in [0.5, 0.6) is 0 Å². The van der Waals surface area contributed by atoms with Crippen LogP contribution in [0.15, 0.2) is 11.4 Å². The van der Waals surface area contributed by atoms with Gasteiger partial charge in [0.1, 0.15) is 10.6 Å². The number of thiophene rings is 1. The number of anilines is 2. The molecule has 0 fully saturated rings. The molecule has 2 N–H and O–H groups in total. The van der Waals surface area contributed by atoms with Gasteiger partial charge in [-0.3, -0.25) is 4.79 Å². The minimum Gasteiger partial charge on any atom is -0.360 e. The lowest BCUT2D eigenvalue weighted by atomic mass is 10.3. The Hall–Kier alpha value is -1.89. The lowest BCUT2D eigenvalue weighted by Crippen LogP contribution is -2.28. The summed E-state index contributed by atoms with van der Waals surface area (Å²) in [4.78, 5) is 22.7. The molecule has 0 atom stereocenters. The molecule has 2 aromatic heterocycles. The molecule has 96 valence electrons. The van der Waals surface area contributed by atoms with E-state index in [0.29, 0.717) is 11.8 Å². The van der Waals surface area contributed by atoms with Crippen LogP contribution in [0, 0.1) is 0 Å². The largest absolute Gasteiger partial charge is 0.360 e. The number of amides is 1. The topological polar surface area (TPSA) is 70.2 Å². The average molecular weight is 265 g/mol. The Balaban J connectivity index is 2.26. The predicted molar refractivity (Wildman–Crippen MR) is 74.1 cm³/mol. The van der Waals surface area contributed by atoms with Crippen molar-refractivity contribution in [3.8, 4) is 0 Å². The second kappa shape index (κ2) is 5.18. The van der Waals surface area contributed by atoms with Gasteiger partial charge in [0, 0.05) is 21.1 Å². The number of likely N-dealkylation sites (N-methyl/N-ethyl adjacent to an activating group) is 1. The fourth-order valence-electron chi connectivity index (χ4n) is 1.42. The van der Waals surface area contributed by atoms with Gasteiger partial charge in [0.05, 0.1) is 11.9 Å². The van der Waals surface area contributed by atoms with Crippen molar-refractivity contribution in [2.24, 2.45) is 0 Å². The summed E-state index contributed by atoms with van der Waals surface area (Å²) in [5.74, 6) is 1.23. The fraction of sp³-hybridized carbons (Fsp3) is 0.364. The molecule has 0 aromatic carbocycles. The molecule has 2 heterocycles. The first-order valence-electron chi connectivity index (χ1n) is 5.49. The summed E-state index contributed by atoms with van der Waals surface area (Å²) in [7, 11) is 5.22. The predicted octanol–water partition coefficient (Wildman–Crippen LogP) is 1.23. The Morgan fingerprint density at radius 3 is 2.89 bits per heavy atom. The van der Waals surface area contributed by atoms with Crippen LogP contribution in [-0.2, 0) is 4.79 Å². The van der Waals surface area contributed by atoms with Crippen molar-refractivity contribution in [1.82, 2.24) is 14.9 Å². The van der Waals surface area contributed by atoms with Crippen molar-refractivity contribution in [1.29, 1.82) is 0 Å². The number of carbonyl (C=O) groups is 1. The van der Waals surface area contributed by atoms with Crippen molar-refractivity contribution < 1.29 is 4.79 Å². The third kappa shape index (κ3) is 2.51. The summed E-state index contributed by atoms with van der Waals surface area (Å²) in [6, 6.07) is 1.95. The van der Waals surface area contributed by atoms with E-state index in [1.807, 2.05) is 11.4 Å². The van der Waals surface area contributed by atoms with Crippen molar-refractivity contribution in [2.75, 3.05) is 38.3 Å². The van der Waals surface area contributed by atoms with Crippen LogP contribution in [0.1, 0.15) is 0 Å². The summed E-state index contributed by atoms with van der Waals surface area (Å²) in [5, 5.41) is 8.85. The number of nitrogens with zero attached hydrogens (tertiary/aromatic N) is 3. The summed E-state index contributed by atoms with van der Waals surface area (Å²) in [6.45, 7) is 0.220. The van der Waals surface area contributed by atoms with Gasteiger partial charge in [-0.05, 0) is 11.4 Å². The Morgan fingerprint density at radius 1 is 1.44 bits per heavy atom. The summed E-state index contributed by atoms with van der Waals surface area (Å²) in [6.07, 6.45) is 0. The third-order valence-electron chi connectivity index (χ3n) is 2.45. The van der Waals surface area contributed by atoms with Crippen LogP contribution in [0.2, 0.25) is 0 Å². The molecule has 2 aromatic rings. The standard InChI is InChI=1S/C11H15N5OS/c1-12-11-14-9(13-6-8(17)16(2)3)7-4-5-18-10(7)15-11/h4-5H,6H2,1-3H3,(H2,12,13,14,15). The number of nitrogens with one attached hydrogen (secondary N) is 2. The highest BCUT2D eigenvalue weighted by Gasteiger charge is 2.10. The maximum atomic E-state index is 11.6. The van der Waals surface area contributed by atoms with Crippen molar-refractivity contribution in [3.63, 3.8) is 0 Å². The first kappa shape index (κ1) is 12.6. The molecular formula is C11H15N5OS. The van der Waals surface area contributed by atoms with E-state index in [1.165, 1.54) is 4.90 Å². The van der Waals surface area contributed by atoms with E-state index in [1.54, 1.807) is 32.5 Å². The highest BCUT2D eigenvalue weighted by atomic mass is 32.1. The van der Waals surface area contributed by atoms with Crippen LogP contribution in [-0.4, -0.2) is 48.5 Å². The number of rotatable bonds is 4. The molecule has 0 bridgehead atoms. The second-order valence-electron chi connectivity index (χ2n) is 3.93. The third-order valence-corrected chi connectivity index (χ3v) is 3.26. The summed E-state index contributed by atoms with van der Waals surface area (Å²) in [5.41, 5.74) is 0. The zero-order chi connectivity index (χ0) is 13.1. The number of fused-ring (bicyclic) bond motifs is 1. The van der Waals surface area contributed by atoms with Gasteiger partial charge >= 0.3 is 0 Å². The molecule has 0 radical (unpaired) electrons. The highest BCUT2D eigenvalue weighted by molar-refractivity contribution is 7.16. The summed E-state index contributed by atoms with van der Waals surface area (Å²) >= 11 is 1.55. The van der Waals surface area contributed by atoms with E-state index >= 15 is 0 Å². The molecular weight excluding hydrogens is 250 g/mol. The molecule has 6 nitrogen and oxygen atoms in total. The normalized spacial score (nSPS) is 10.4. The van der Waals surface area contributed by atoms with Gasteiger partial charge in [-0.15, -0.1) is 11.3 Å². The number of hydrogen-bond acceptors (Lipinski definition) is 6. The van der Waals surface area contributed by atoms with Crippen molar-refractivity contribution in [2.45, 2.75) is 0 Å². The van der Waals surface area contributed by atoms with E-state index in [-0.39, 0.29) is 12.5 Å². The Labute approximate surface area is 109 Å². The lowest BCUT2D eigenvalue weighted by molar-refractivity contribution is -0.126. The van der Waals surface area contributed by atoms with Crippen molar-refractivity contribution >= 4 is 39.2 Å². The van der Waals surface area contributed by atoms with Gasteiger partial charge < -0.3 is 15.5 Å². The van der Waals surface area contributed by atoms with E-state index in [2.05, 4.69) is 20.6 Å². The zero-order valence-corrected chi connectivity index (χ0v) is 11.3.